The van der Waals surface area contributed by atoms with Gasteiger partial charge in [-0.2, -0.15) is 0 Å². The molecule has 4 rings (SSSR count). The number of nitrogens with one attached hydrogen (secondary N) is 3. The number of esters is 1. The van der Waals surface area contributed by atoms with Crippen LogP contribution in [0.15, 0.2) is 83.8 Å². The number of hydrogen-bond acceptors (Lipinski definition) is 7. The van der Waals surface area contributed by atoms with Crippen LogP contribution in [0.1, 0.15) is 44.5 Å². The van der Waals surface area contributed by atoms with Crippen molar-refractivity contribution >= 4 is 74.8 Å². The fourth-order valence-corrected chi connectivity index (χ4v) is 6.43. The largest absolute Gasteiger partial charge is 0.465 e. The van der Waals surface area contributed by atoms with Gasteiger partial charge in [-0.25, -0.2) is 4.79 Å². The SMILES string of the molecule is CCC(Sc1cccc(NC(=O)Cc2ccc(Cl)cc2)c1)C(=O)Nc1sc(C(=O)Nc2ccccc2)c(C)c1C(=O)OC. The number of thioether (sulfide) groups is 1. The first kappa shape index (κ1) is 31.8. The second-order valence-electron chi connectivity index (χ2n) is 9.46. The maximum absolute atomic E-state index is 13.4. The molecule has 3 aromatic carbocycles. The molecule has 222 valence electrons. The van der Waals surface area contributed by atoms with Crippen molar-refractivity contribution in [3.05, 3.63) is 105 Å². The number of benzene rings is 3. The van der Waals surface area contributed by atoms with Crippen LogP contribution in [-0.4, -0.2) is 36.1 Å². The third-order valence-corrected chi connectivity index (χ3v) is 9.16. The van der Waals surface area contributed by atoms with Crippen LogP contribution in [0.5, 0.6) is 0 Å². The molecule has 0 aliphatic carbocycles. The standard InChI is InChI=1S/C32H30ClN3O5S2/c1-4-25(42-24-12-8-11-23(18-24)34-26(37)17-20-13-15-21(33)16-14-20)29(38)36-31-27(32(40)41-3)19(2)28(43-31)30(39)35-22-9-6-5-7-10-22/h5-16,18,25H,4,17H2,1-3H3,(H,34,37)(H,35,39)(H,36,38). The predicted molar refractivity (Wildman–Crippen MR) is 174 cm³/mol. The van der Waals surface area contributed by atoms with Crippen LogP contribution in [0.25, 0.3) is 0 Å². The van der Waals surface area contributed by atoms with Crippen molar-refractivity contribution in [2.24, 2.45) is 0 Å². The van der Waals surface area contributed by atoms with Gasteiger partial charge in [0.05, 0.1) is 29.2 Å². The van der Waals surface area contributed by atoms with Gasteiger partial charge in [0.1, 0.15) is 5.00 Å². The molecule has 0 spiro atoms. The maximum Gasteiger partial charge on any atom is 0.341 e. The smallest absolute Gasteiger partial charge is 0.341 e. The highest BCUT2D eigenvalue weighted by atomic mass is 35.5. The van der Waals surface area contributed by atoms with E-state index in [1.807, 2.05) is 25.1 Å². The number of carbonyl (C=O) groups excluding carboxylic acids is 4. The lowest BCUT2D eigenvalue weighted by Crippen LogP contribution is -2.25. The van der Waals surface area contributed by atoms with Gasteiger partial charge < -0.3 is 20.7 Å². The topological polar surface area (TPSA) is 114 Å². The Hall–Kier alpha value is -4.12. The Morgan fingerprint density at radius 2 is 1.60 bits per heavy atom. The zero-order chi connectivity index (χ0) is 30.9. The van der Waals surface area contributed by atoms with E-state index in [0.29, 0.717) is 33.3 Å². The number of rotatable bonds is 11. The van der Waals surface area contributed by atoms with E-state index < -0.39 is 17.1 Å². The number of methoxy groups -OCH3 is 1. The summed E-state index contributed by atoms with van der Waals surface area (Å²) in [5.41, 5.74) is 2.62. The molecule has 11 heteroatoms. The molecule has 0 aliphatic heterocycles. The molecule has 0 aliphatic rings. The molecule has 3 amide bonds. The average Bonchev–Trinajstić information content (AvgIpc) is 3.32. The molecular weight excluding hydrogens is 606 g/mol. The molecular formula is C32H30ClN3O5S2. The fourth-order valence-electron chi connectivity index (χ4n) is 4.19. The fraction of sp³-hybridized carbons (Fsp3) is 0.188. The summed E-state index contributed by atoms with van der Waals surface area (Å²) in [5.74, 6) is -1.54. The van der Waals surface area contributed by atoms with Crippen LogP contribution >= 0.6 is 34.7 Å². The first-order valence-corrected chi connectivity index (χ1v) is 15.5. The number of amides is 3. The number of halogens is 1. The third-order valence-electron chi connectivity index (χ3n) is 6.35. The van der Waals surface area contributed by atoms with Gasteiger partial charge in [-0.05, 0) is 66.9 Å². The van der Waals surface area contributed by atoms with E-state index in [1.165, 1.54) is 18.9 Å². The minimum Gasteiger partial charge on any atom is -0.465 e. The molecule has 43 heavy (non-hydrogen) atoms. The van der Waals surface area contributed by atoms with Crippen molar-refractivity contribution in [2.45, 2.75) is 36.8 Å². The van der Waals surface area contributed by atoms with Gasteiger partial charge in [0.15, 0.2) is 0 Å². The minimum atomic E-state index is -0.648. The zero-order valence-electron chi connectivity index (χ0n) is 23.7. The molecule has 8 nitrogen and oxygen atoms in total. The van der Waals surface area contributed by atoms with E-state index in [4.69, 9.17) is 16.3 Å². The first-order chi connectivity index (χ1) is 20.7. The minimum absolute atomic E-state index is 0.143. The predicted octanol–water partition coefficient (Wildman–Crippen LogP) is 7.44. The third kappa shape index (κ3) is 8.47. The van der Waals surface area contributed by atoms with Crippen LogP contribution in [0.2, 0.25) is 5.02 Å². The molecule has 0 bridgehead atoms. The lowest BCUT2D eigenvalue weighted by molar-refractivity contribution is -0.116. The van der Waals surface area contributed by atoms with E-state index in [1.54, 1.807) is 67.6 Å². The number of para-hydroxylation sites is 1. The lowest BCUT2D eigenvalue weighted by Gasteiger charge is -2.15. The van der Waals surface area contributed by atoms with Gasteiger partial charge >= 0.3 is 5.97 Å². The van der Waals surface area contributed by atoms with Gasteiger partial charge in [0.2, 0.25) is 11.8 Å². The van der Waals surface area contributed by atoms with Crippen LogP contribution in [0, 0.1) is 6.92 Å². The van der Waals surface area contributed by atoms with Crippen molar-refractivity contribution in [1.29, 1.82) is 0 Å². The first-order valence-electron chi connectivity index (χ1n) is 13.4. The summed E-state index contributed by atoms with van der Waals surface area (Å²) in [4.78, 5) is 52.8. The number of carbonyl (C=O) groups is 4. The number of hydrogen-bond donors (Lipinski definition) is 3. The number of thiophene rings is 1. The van der Waals surface area contributed by atoms with Gasteiger partial charge in [-0.1, -0.05) is 54.9 Å². The average molecular weight is 636 g/mol. The zero-order valence-corrected chi connectivity index (χ0v) is 26.1. The van der Waals surface area contributed by atoms with Crippen molar-refractivity contribution in [3.63, 3.8) is 0 Å². The van der Waals surface area contributed by atoms with Gasteiger partial charge in [0, 0.05) is 21.3 Å². The molecule has 1 heterocycles. The van der Waals surface area contributed by atoms with Gasteiger partial charge in [0.25, 0.3) is 5.91 Å². The van der Waals surface area contributed by atoms with E-state index >= 15 is 0 Å². The Labute approximate surface area is 263 Å². The Morgan fingerprint density at radius 1 is 0.907 bits per heavy atom. The molecule has 0 radical (unpaired) electrons. The van der Waals surface area contributed by atoms with Gasteiger partial charge in [-0.15, -0.1) is 23.1 Å². The quantitative estimate of drug-likeness (QED) is 0.117. The van der Waals surface area contributed by atoms with E-state index in [2.05, 4.69) is 16.0 Å². The molecule has 3 N–H and O–H groups in total. The second-order valence-corrected chi connectivity index (χ2v) is 12.2. The summed E-state index contributed by atoms with van der Waals surface area (Å²) in [6, 6.07) is 23.3. The lowest BCUT2D eigenvalue weighted by atomic mass is 10.1. The Kier molecular flexibility index (Phi) is 11.0. The Morgan fingerprint density at radius 3 is 2.28 bits per heavy atom. The maximum atomic E-state index is 13.4. The van der Waals surface area contributed by atoms with E-state index in [0.717, 1.165) is 21.8 Å². The number of anilines is 3. The molecule has 0 fully saturated rings. The van der Waals surface area contributed by atoms with Gasteiger partial charge in [-0.3, -0.25) is 14.4 Å². The Balaban J connectivity index is 1.46. The summed E-state index contributed by atoms with van der Waals surface area (Å²) in [6.45, 7) is 3.53. The van der Waals surface area contributed by atoms with E-state index in [9.17, 15) is 19.2 Å². The normalized spacial score (nSPS) is 11.3. The van der Waals surface area contributed by atoms with Crippen molar-refractivity contribution < 1.29 is 23.9 Å². The molecule has 0 saturated heterocycles. The van der Waals surface area contributed by atoms with Crippen LogP contribution in [0.3, 0.4) is 0 Å². The van der Waals surface area contributed by atoms with Crippen molar-refractivity contribution in [2.75, 3.05) is 23.1 Å². The molecule has 1 aromatic heterocycles. The summed E-state index contributed by atoms with van der Waals surface area (Å²) in [6.07, 6.45) is 0.686. The summed E-state index contributed by atoms with van der Waals surface area (Å²) in [7, 11) is 1.25. The summed E-state index contributed by atoms with van der Waals surface area (Å²) in [5, 5.41) is 8.90. The highest BCUT2D eigenvalue weighted by molar-refractivity contribution is 8.00. The monoisotopic (exact) mass is 635 g/mol. The van der Waals surface area contributed by atoms with Crippen LogP contribution in [-0.2, 0) is 20.7 Å². The highest BCUT2D eigenvalue weighted by Gasteiger charge is 2.28. The second kappa shape index (κ2) is 14.9. The highest BCUT2D eigenvalue weighted by Crippen LogP contribution is 2.36. The van der Waals surface area contributed by atoms with Crippen molar-refractivity contribution in [1.82, 2.24) is 0 Å². The molecule has 4 aromatic rings. The van der Waals surface area contributed by atoms with Crippen LogP contribution < -0.4 is 16.0 Å². The summed E-state index contributed by atoms with van der Waals surface area (Å²) >= 11 is 8.28. The molecule has 1 unspecified atom stereocenters. The molecule has 1 atom stereocenters. The Bertz CT molecular complexity index is 1620. The van der Waals surface area contributed by atoms with Crippen molar-refractivity contribution in [3.8, 4) is 0 Å². The van der Waals surface area contributed by atoms with E-state index in [-0.39, 0.29) is 28.8 Å². The summed E-state index contributed by atoms with van der Waals surface area (Å²) < 4.78 is 4.96. The molecule has 0 saturated carbocycles. The van der Waals surface area contributed by atoms with Crippen LogP contribution in [0.4, 0.5) is 16.4 Å². The number of ether oxygens (including phenoxy) is 1.